The highest BCUT2D eigenvalue weighted by atomic mass is 16.5. The van der Waals surface area contributed by atoms with E-state index in [2.05, 4.69) is 31.3 Å². The molecule has 0 amide bonds. The summed E-state index contributed by atoms with van der Waals surface area (Å²) < 4.78 is 11.4. The van der Waals surface area contributed by atoms with Crippen LogP contribution in [0.2, 0.25) is 0 Å². The summed E-state index contributed by atoms with van der Waals surface area (Å²) in [6.45, 7) is 8.71. The largest absolute Gasteiger partial charge is 0.487 e. The summed E-state index contributed by atoms with van der Waals surface area (Å²) in [7, 11) is 0. The number of benzene rings is 1. The van der Waals surface area contributed by atoms with Gasteiger partial charge >= 0.3 is 0 Å². The third kappa shape index (κ3) is 3.24. The summed E-state index contributed by atoms with van der Waals surface area (Å²) >= 11 is 0. The molecular formula is C15H23NO2. The van der Waals surface area contributed by atoms with Crippen LogP contribution in [-0.2, 0) is 4.74 Å². The van der Waals surface area contributed by atoms with Crippen LogP contribution in [0.4, 0.5) is 0 Å². The fourth-order valence-electron chi connectivity index (χ4n) is 2.43. The molecule has 0 aliphatic carbocycles. The van der Waals surface area contributed by atoms with Gasteiger partial charge in [-0.25, -0.2) is 0 Å². The predicted molar refractivity (Wildman–Crippen MR) is 73.0 cm³/mol. The topological polar surface area (TPSA) is 30.5 Å². The van der Waals surface area contributed by atoms with Gasteiger partial charge in [0.15, 0.2) is 0 Å². The van der Waals surface area contributed by atoms with Crippen LogP contribution in [-0.4, -0.2) is 25.4 Å². The molecule has 1 atom stereocenters. The first-order valence-corrected chi connectivity index (χ1v) is 6.71. The number of rotatable bonds is 5. The number of ether oxygens (including phenoxy) is 2. The van der Waals surface area contributed by atoms with E-state index in [9.17, 15) is 0 Å². The molecule has 100 valence electrons. The first-order chi connectivity index (χ1) is 8.62. The van der Waals surface area contributed by atoms with Crippen molar-refractivity contribution in [1.29, 1.82) is 0 Å². The first kappa shape index (κ1) is 13.4. The van der Waals surface area contributed by atoms with Crippen molar-refractivity contribution in [2.75, 3.05) is 19.8 Å². The summed E-state index contributed by atoms with van der Waals surface area (Å²) in [6, 6.07) is 8.64. The number of hydrogen-bond acceptors (Lipinski definition) is 3. The Morgan fingerprint density at radius 1 is 1.39 bits per heavy atom. The maximum atomic E-state index is 6.01. The molecule has 0 fully saturated rings. The monoisotopic (exact) mass is 249 g/mol. The lowest BCUT2D eigenvalue weighted by Crippen LogP contribution is -2.40. The summed E-state index contributed by atoms with van der Waals surface area (Å²) in [6.07, 6.45) is 0.982. The van der Waals surface area contributed by atoms with Crippen LogP contribution in [0, 0.1) is 0 Å². The van der Waals surface area contributed by atoms with Gasteiger partial charge in [-0.1, -0.05) is 18.2 Å². The van der Waals surface area contributed by atoms with E-state index in [1.807, 2.05) is 19.1 Å². The Labute approximate surface area is 109 Å². The molecule has 2 rings (SSSR count). The summed E-state index contributed by atoms with van der Waals surface area (Å²) in [4.78, 5) is 0. The fourth-order valence-corrected chi connectivity index (χ4v) is 2.43. The fraction of sp³-hybridized carbons (Fsp3) is 0.600. The summed E-state index contributed by atoms with van der Waals surface area (Å²) in [5, 5.41) is 3.56. The molecule has 0 radical (unpaired) electrons. The van der Waals surface area contributed by atoms with Crippen molar-refractivity contribution in [3.05, 3.63) is 29.8 Å². The molecule has 0 aromatic heterocycles. The van der Waals surface area contributed by atoms with Crippen molar-refractivity contribution >= 4 is 0 Å². The van der Waals surface area contributed by atoms with Crippen molar-refractivity contribution in [3.8, 4) is 5.75 Å². The minimum atomic E-state index is -0.113. The lowest BCUT2D eigenvalue weighted by Gasteiger charge is -2.38. The molecule has 0 saturated carbocycles. The van der Waals surface area contributed by atoms with Gasteiger partial charge in [0.05, 0.1) is 6.61 Å². The van der Waals surface area contributed by atoms with E-state index in [4.69, 9.17) is 9.47 Å². The Morgan fingerprint density at radius 3 is 2.94 bits per heavy atom. The van der Waals surface area contributed by atoms with Gasteiger partial charge < -0.3 is 14.8 Å². The Kier molecular flexibility index (Phi) is 4.25. The van der Waals surface area contributed by atoms with Crippen LogP contribution < -0.4 is 10.1 Å². The van der Waals surface area contributed by atoms with E-state index in [1.165, 1.54) is 5.56 Å². The molecule has 1 heterocycles. The molecule has 0 spiro atoms. The van der Waals surface area contributed by atoms with Crippen molar-refractivity contribution in [2.24, 2.45) is 0 Å². The molecule has 3 heteroatoms. The lowest BCUT2D eigenvalue weighted by molar-refractivity contribution is 0.0631. The van der Waals surface area contributed by atoms with Crippen LogP contribution >= 0.6 is 0 Å². The van der Waals surface area contributed by atoms with E-state index < -0.39 is 0 Å². The van der Waals surface area contributed by atoms with E-state index in [0.717, 1.165) is 31.9 Å². The second-order valence-corrected chi connectivity index (χ2v) is 5.31. The molecule has 18 heavy (non-hydrogen) atoms. The third-order valence-corrected chi connectivity index (χ3v) is 3.22. The molecule has 3 nitrogen and oxygen atoms in total. The van der Waals surface area contributed by atoms with Gasteiger partial charge in [-0.05, 0) is 26.8 Å². The maximum Gasteiger partial charge on any atom is 0.124 e. The minimum absolute atomic E-state index is 0.113. The average Bonchev–Trinajstić information content (AvgIpc) is 2.33. The van der Waals surface area contributed by atoms with Crippen LogP contribution in [0.25, 0.3) is 0 Å². The van der Waals surface area contributed by atoms with Gasteiger partial charge in [-0.3, -0.25) is 0 Å². The van der Waals surface area contributed by atoms with Crippen molar-refractivity contribution in [1.82, 2.24) is 5.32 Å². The van der Waals surface area contributed by atoms with Crippen LogP contribution in [0.3, 0.4) is 0 Å². The number of para-hydroxylation sites is 1. The zero-order chi connectivity index (χ0) is 13.0. The lowest BCUT2D eigenvalue weighted by atomic mass is 9.90. The van der Waals surface area contributed by atoms with Crippen molar-refractivity contribution in [2.45, 2.75) is 38.8 Å². The molecule has 0 saturated heterocycles. The van der Waals surface area contributed by atoms with E-state index in [1.54, 1.807) is 0 Å². The number of nitrogens with one attached hydrogen (secondary N) is 1. The summed E-state index contributed by atoms with van der Waals surface area (Å²) in [5.41, 5.74) is 1.14. The molecular weight excluding hydrogens is 226 g/mol. The highest BCUT2D eigenvalue weighted by molar-refractivity contribution is 5.38. The zero-order valence-electron chi connectivity index (χ0n) is 11.5. The van der Waals surface area contributed by atoms with Crippen LogP contribution in [0.15, 0.2) is 24.3 Å². The van der Waals surface area contributed by atoms with Gasteiger partial charge in [0.2, 0.25) is 0 Å². The standard InChI is InChI=1S/C15H23NO2/c1-4-17-10-9-16-13-11-15(2,3)18-14-8-6-5-7-12(13)14/h5-8,13,16H,4,9-11H2,1-3H3. The quantitative estimate of drug-likeness (QED) is 0.814. The van der Waals surface area contributed by atoms with Crippen LogP contribution in [0.5, 0.6) is 5.75 Å². The molecule has 1 aromatic rings. The van der Waals surface area contributed by atoms with Crippen molar-refractivity contribution in [3.63, 3.8) is 0 Å². The van der Waals surface area contributed by atoms with E-state index >= 15 is 0 Å². The SMILES string of the molecule is CCOCCNC1CC(C)(C)Oc2ccccc21. The molecule has 0 bridgehead atoms. The minimum Gasteiger partial charge on any atom is -0.487 e. The molecule has 1 aliphatic heterocycles. The Morgan fingerprint density at radius 2 is 2.17 bits per heavy atom. The third-order valence-electron chi connectivity index (χ3n) is 3.22. The zero-order valence-corrected chi connectivity index (χ0v) is 11.5. The highest BCUT2D eigenvalue weighted by Crippen LogP contribution is 2.38. The summed E-state index contributed by atoms with van der Waals surface area (Å²) in [5.74, 6) is 1.00. The molecule has 1 aromatic carbocycles. The first-order valence-electron chi connectivity index (χ1n) is 6.71. The number of fused-ring (bicyclic) bond motifs is 1. The maximum absolute atomic E-state index is 6.01. The smallest absolute Gasteiger partial charge is 0.124 e. The Balaban J connectivity index is 2.05. The second-order valence-electron chi connectivity index (χ2n) is 5.31. The highest BCUT2D eigenvalue weighted by Gasteiger charge is 2.32. The van der Waals surface area contributed by atoms with Gasteiger partial charge in [0.25, 0.3) is 0 Å². The predicted octanol–water partition coefficient (Wildman–Crippen LogP) is 2.91. The Hall–Kier alpha value is -1.06. The van der Waals surface area contributed by atoms with E-state index in [-0.39, 0.29) is 5.60 Å². The van der Waals surface area contributed by atoms with Gasteiger partial charge in [0.1, 0.15) is 11.4 Å². The van der Waals surface area contributed by atoms with Gasteiger partial charge in [0, 0.05) is 31.2 Å². The van der Waals surface area contributed by atoms with Gasteiger partial charge in [-0.2, -0.15) is 0 Å². The van der Waals surface area contributed by atoms with Gasteiger partial charge in [-0.15, -0.1) is 0 Å². The molecule has 1 aliphatic rings. The Bertz CT molecular complexity index is 390. The number of hydrogen-bond donors (Lipinski definition) is 1. The molecule has 1 unspecified atom stereocenters. The van der Waals surface area contributed by atoms with Crippen molar-refractivity contribution < 1.29 is 9.47 Å². The second kappa shape index (κ2) is 5.72. The normalized spacial score (nSPS) is 21.2. The van der Waals surface area contributed by atoms with Crippen LogP contribution in [0.1, 0.15) is 38.8 Å². The average molecular weight is 249 g/mol. The molecule has 1 N–H and O–H groups in total. The van der Waals surface area contributed by atoms with E-state index in [0.29, 0.717) is 6.04 Å².